The first-order chi connectivity index (χ1) is 13.5. The first-order valence-corrected chi connectivity index (χ1v) is 10.4. The Bertz CT molecular complexity index is 985. The van der Waals surface area contributed by atoms with Crippen molar-refractivity contribution >= 4 is 46.0 Å². The van der Waals surface area contributed by atoms with Gasteiger partial charge in [0.1, 0.15) is 23.8 Å². The molecule has 2 aromatic carbocycles. The van der Waals surface area contributed by atoms with Crippen LogP contribution in [0.2, 0.25) is 10.0 Å². The summed E-state index contributed by atoms with van der Waals surface area (Å²) in [6.07, 6.45) is -4.22. The van der Waals surface area contributed by atoms with E-state index in [0.29, 0.717) is 32.0 Å². The van der Waals surface area contributed by atoms with Crippen molar-refractivity contribution in [2.45, 2.75) is 35.4 Å². The van der Waals surface area contributed by atoms with Gasteiger partial charge in [-0.1, -0.05) is 65.3 Å². The van der Waals surface area contributed by atoms with E-state index in [1.165, 1.54) is 11.8 Å². The maximum atomic E-state index is 10.5. The minimum Gasteiger partial charge on any atom is -0.394 e. The van der Waals surface area contributed by atoms with Crippen LogP contribution in [0.15, 0.2) is 47.6 Å². The molecule has 1 aliphatic heterocycles. The number of benzene rings is 2. The third-order valence-corrected chi connectivity index (χ3v) is 6.52. The fraction of sp³-hybridized carbons (Fsp3) is 0.316. The molecule has 0 aliphatic carbocycles. The molecular formula is C19H18Cl2N2O4S. The zero-order valence-electron chi connectivity index (χ0n) is 14.6. The van der Waals surface area contributed by atoms with Crippen LogP contribution in [0.1, 0.15) is 11.8 Å². The van der Waals surface area contributed by atoms with Gasteiger partial charge in [0, 0.05) is 5.75 Å². The summed E-state index contributed by atoms with van der Waals surface area (Å²) in [5, 5.41) is 31.4. The second-order valence-corrected chi connectivity index (χ2v) is 8.22. The molecule has 28 heavy (non-hydrogen) atoms. The lowest BCUT2D eigenvalue weighted by Crippen LogP contribution is -2.33. The van der Waals surface area contributed by atoms with Gasteiger partial charge in [0.15, 0.2) is 11.4 Å². The van der Waals surface area contributed by atoms with Gasteiger partial charge < -0.3 is 20.1 Å². The summed E-state index contributed by atoms with van der Waals surface area (Å²) in [6.45, 7) is -0.402. The van der Waals surface area contributed by atoms with E-state index in [1.807, 2.05) is 30.3 Å². The van der Waals surface area contributed by atoms with E-state index < -0.39 is 31.1 Å². The Morgan fingerprint density at radius 1 is 1.07 bits per heavy atom. The molecular weight excluding hydrogens is 423 g/mol. The van der Waals surface area contributed by atoms with Gasteiger partial charge in [-0.2, -0.15) is 0 Å². The standard InChI is InChI=1S/C19H18Cl2N2O4S/c20-11-6-7-12-15(14(11)21)22-19(28-9-10-4-2-1-3-5-10)23(12)18-17(26)16(25)13(8-24)27-18/h1-7,13,16-18,24-26H,8-9H2/t13-,16-,17-,18-/m1/s1. The Labute approximate surface area is 175 Å². The van der Waals surface area contributed by atoms with Crippen LogP contribution >= 0.6 is 35.0 Å². The van der Waals surface area contributed by atoms with Gasteiger partial charge in [-0.15, -0.1) is 0 Å². The number of aliphatic hydroxyl groups is 3. The number of hydrogen-bond acceptors (Lipinski definition) is 6. The molecule has 2 heterocycles. The monoisotopic (exact) mass is 440 g/mol. The zero-order chi connectivity index (χ0) is 19.8. The average Bonchev–Trinajstić information content (AvgIpc) is 3.22. The molecule has 0 bridgehead atoms. The molecule has 1 saturated heterocycles. The number of fused-ring (bicyclic) bond motifs is 1. The largest absolute Gasteiger partial charge is 0.394 e. The molecule has 1 fully saturated rings. The molecule has 148 valence electrons. The van der Waals surface area contributed by atoms with Crippen molar-refractivity contribution in [2.24, 2.45) is 0 Å². The fourth-order valence-corrected chi connectivity index (χ4v) is 4.59. The van der Waals surface area contributed by atoms with E-state index in [9.17, 15) is 15.3 Å². The van der Waals surface area contributed by atoms with Crippen LogP contribution in [0.3, 0.4) is 0 Å². The minimum absolute atomic E-state index is 0.311. The van der Waals surface area contributed by atoms with E-state index in [2.05, 4.69) is 4.98 Å². The molecule has 1 aliphatic rings. The molecule has 9 heteroatoms. The molecule has 3 aromatic rings. The average molecular weight is 441 g/mol. The number of halogens is 2. The molecule has 6 nitrogen and oxygen atoms in total. The molecule has 1 aromatic heterocycles. The van der Waals surface area contributed by atoms with Crippen LogP contribution in [-0.2, 0) is 10.5 Å². The van der Waals surface area contributed by atoms with E-state index in [-0.39, 0.29) is 0 Å². The van der Waals surface area contributed by atoms with Crippen molar-refractivity contribution in [1.29, 1.82) is 0 Å². The topological polar surface area (TPSA) is 87.7 Å². The molecule has 4 atom stereocenters. The first kappa shape index (κ1) is 20.0. The second-order valence-electron chi connectivity index (χ2n) is 6.50. The first-order valence-electron chi connectivity index (χ1n) is 8.66. The molecule has 0 radical (unpaired) electrons. The van der Waals surface area contributed by atoms with Gasteiger partial charge in [-0.3, -0.25) is 4.57 Å². The van der Waals surface area contributed by atoms with Crippen LogP contribution in [0, 0.1) is 0 Å². The van der Waals surface area contributed by atoms with Crippen molar-refractivity contribution in [3.63, 3.8) is 0 Å². The minimum atomic E-state index is -1.22. The SMILES string of the molecule is OC[C@H]1O[C@@H](n2c(SCc3ccccc3)nc3c(Cl)c(Cl)ccc32)[C@H](O)[C@@H]1O. The van der Waals surface area contributed by atoms with Crippen molar-refractivity contribution < 1.29 is 20.1 Å². The number of ether oxygens (including phenoxy) is 1. The predicted octanol–water partition coefficient (Wildman–Crippen LogP) is 3.25. The molecule has 4 rings (SSSR count). The lowest BCUT2D eigenvalue weighted by Gasteiger charge is -2.19. The van der Waals surface area contributed by atoms with E-state index in [4.69, 9.17) is 27.9 Å². The third-order valence-electron chi connectivity index (χ3n) is 4.70. The Hall–Kier alpha value is -1.32. The summed E-state index contributed by atoms with van der Waals surface area (Å²) >= 11 is 13.9. The number of aromatic nitrogens is 2. The maximum absolute atomic E-state index is 10.5. The highest BCUT2D eigenvalue weighted by atomic mass is 35.5. The number of aliphatic hydroxyl groups excluding tert-OH is 3. The van der Waals surface area contributed by atoms with Crippen molar-refractivity contribution in [3.8, 4) is 0 Å². The van der Waals surface area contributed by atoms with Gasteiger partial charge in [-0.05, 0) is 17.7 Å². The summed E-state index contributed by atoms with van der Waals surface area (Å²) in [6, 6.07) is 13.3. The summed E-state index contributed by atoms with van der Waals surface area (Å²) < 4.78 is 7.44. The lowest BCUT2D eigenvalue weighted by molar-refractivity contribution is -0.0546. The Morgan fingerprint density at radius 3 is 2.50 bits per heavy atom. The van der Waals surface area contributed by atoms with Gasteiger partial charge in [-0.25, -0.2) is 4.98 Å². The van der Waals surface area contributed by atoms with Crippen LogP contribution in [0.25, 0.3) is 11.0 Å². The Kier molecular flexibility index (Phi) is 5.85. The maximum Gasteiger partial charge on any atom is 0.171 e. The fourth-order valence-electron chi connectivity index (χ4n) is 3.25. The number of rotatable bonds is 5. The lowest BCUT2D eigenvalue weighted by atomic mass is 10.1. The van der Waals surface area contributed by atoms with Gasteiger partial charge >= 0.3 is 0 Å². The zero-order valence-corrected chi connectivity index (χ0v) is 16.9. The summed E-state index contributed by atoms with van der Waals surface area (Å²) in [5.74, 6) is 0.643. The number of imidazole rings is 1. The van der Waals surface area contributed by atoms with Crippen LogP contribution in [-0.4, -0.2) is 49.8 Å². The van der Waals surface area contributed by atoms with E-state index in [0.717, 1.165) is 5.56 Å². The van der Waals surface area contributed by atoms with Gasteiger partial charge in [0.25, 0.3) is 0 Å². The van der Waals surface area contributed by atoms with Gasteiger partial charge in [0.2, 0.25) is 0 Å². The normalized spacial score (nSPS) is 24.9. The molecule has 0 spiro atoms. The van der Waals surface area contributed by atoms with Gasteiger partial charge in [0.05, 0.1) is 22.2 Å². The molecule has 3 N–H and O–H groups in total. The third kappa shape index (κ3) is 3.52. The van der Waals surface area contributed by atoms with E-state index in [1.54, 1.807) is 16.7 Å². The molecule has 0 unspecified atom stereocenters. The number of hydrogen-bond donors (Lipinski definition) is 3. The summed E-state index contributed by atoms with van der Waals surface area (Å²) in [4.78, 5) is 4.62. The van der Waals surface area contributed by atoms with Crippen molar-refractivity contribution in [3.05, 3.63) is 58.1 Å². The predicted molar refractivity (Wildman–Crippen MR) is 109 cm³/mol. The van der Waals surface area contributed by atoms with Crippen molar-refractivity contribution in [1.82, 2.24) is 9.55 Å². The highest BCUT2D eigenvalue weighted by Gasteiger charge is 2.44. The quantitative estimate of drug-likeness (QED) is 0.527. The highest BCUT2D eigenvalue weighted by Crippen LogP contribution is 2.40. The van der Waals surface area contributed by atoms with Crippen LogP contribution in [0.5, 0.6) is 0 Å². The number of nitrogens with zero attached hydrogens (tertiary/aromatic N) is 2. The van der Waals surface area contributed by atoms with Crippen LogP contribution in [0.4, 0.5) is 0 Å². The van der Waals surface area contributed by atoms with E-state index >= 15 is 0 Å². The number of thioether (sulfide) groups is 1. The smallest absolute Gasteiger partial charge is 0.171 e. The van der Waals surface area contributed by atoms with Crippen LogP contribution < -0.4 is 0 Å². The Morgan fingerprint density at radius 2 is 1.82 bits per heavy atom. The molecule has 0 saturated carbocycles. The molecule has 0 amide bonds. The Balaban J connectivity index is 1.77. The second kappa shape index (κ2) is 8.20. The summed E-state index contributed by atoms with van der Waals surface area (Å²) in [7, 11) is 0. The van der Waals surface area contributed by atoms with Crippen molar-refractivity contribution in [2.75, 3.05) is 6.61 Å². The highest BCUT2D eigenvalue weighted by molar-refractivity contribution is 7.98. The summed E-state index contributed by atoms with van der Waals surface area (Å²) in [5.41, 5.74) is 2.22.